The first-order valence-electron chi connectivity index (χ1n) is 10.1. The zero-order chi connectivity index (χ0) is 18.4. The van der Waals surface area contributed by atoms with E-state index in [9.17, 15) is 9.18 Å². The number of rotatable bonds is 8. The molecule has 1 fully saturated rings. The molecule has 4 heteroatoms. The van der Waals surface area contributed by atoms with E-state index in [1.54, 1.807) is 12.1 Å². The quantitative estimate of drug-likeness (QED) is 0.479. The molecule has 1 N–H and O–H groups in total. The average Bonchev–Trinajstić information content (AvgIpc) is 3.06. The number of aryl methyl sites for hydroxylation is 1. The maximum absolute atomic E-state index is 13.4. The molecule has 1 heterocycles. The summed E-state index contributed by atoms with van der Waals surface area (Å²) >= 11 is 0. The molecule has 1 aliphatic rings. The van der Waals surface area contributed by atoms with E-state index < -0.39 is 0 Å². The van der Waals surface area contributed by atoms with E-state index in [0.29, 0.717) is 6.61 Å². The minimum absolute atomic E-state index is 0.0242. The van der Waals surface area contributed by atoms with Crippen LogP contribution < -0.4 is 0 Å². The van der Waals surface area contributed by atoms with Gasteiger partial charge in [-0.05, 0) is 68.2 Å². The van der Waals surface area contributed by atoms with Gasteiger partial charge in [-0.1, -0.05) is 26.2 Å². The number of hydrogen-bond donors (Lipinski definition) is 1. The number of fused-ring (bicyclic) bond motifs is 1. The Morgan fingerprint density at radius 3 is 2.81 bits per heavy atom. The highest BCUT2D eigenvalue weighted by molar-refractivity contribution is 5.83. The van der Waals surface area contributed by atoms with E-state index in [0.717, 1.165) is 48.1 Å². The van der Waals surface area contributed by atoms with E-state index in [2.05, 4.69) is 11.9 Å². The molecule has 3 rings (SSSR count). The number of esters is 1. The van der Waals surface area contributed by atoms with Gasteiger partial charge in [-0.3, -0.25) is 4.79 Å². The van der Waals surface area contributed by atoms with Crippen molar-refractivity contribution in [3.05, 3.63) is 35.8 Å². The Balaban J connectivity index is 1.38. The Morgan fingerprint density at radius 2 is 2.04 bits per heavy atom. The average molecular weight is 359 g/mol. The predicted molar refractivity (Wildman–Crippen MR) is 103 cm³/mol. The molecule has 0 radical (unpaired) electrons. The Labute approximate surface area is 155 Å². The number of benzene rings is 1. The second kappa shape index (κ2) is 9.20. The monoisotopic (exact) mass is 359 g/mol. The van der Waals surface area contributed by atoms with Crippen molar-refractivity contribution in [3.63, 3.8) is 0 Å². The van der Waals surface area contributed by atoms with Crippen LogP contribution in [0.15, 0.2) is 24.4 Å². The van der Waals surface area contributed by atoms with Gasteiger partial charge in [-0.25, -0.2) is 4.39 Å². The number of ether oxygens (including phenoxy) is 1. The minimum atomic E-state index is -0.223. The van der Waals surface area contributed by atoms with E-state index >= 15 is 0 Å². The Kier molecular flexibility index (Phi) is 6.70. The third-order valence-corrected chi connectivity index (χ3v) is 5.71. The van der Waals surface area contributed by atoms with Crippen LogP contribution in [0.5, 0.6) is 0 Å². The van der Waals surface area contributed by atoms with Gasteiger partial charge in [-0.2, -0.15) is 0 Å². The summed E-state index contributed by atoms with van der Waals surface area (Å²) in [6, 6.07) is 4.77. The molecule has 1 aromatic heterocycles. The molecule has 0 bridgehead atoms. The van der Waals surface area contributed by atoms with Crippen molar-refractivity contribution in [2.24, 2.45) is 11.8 Å². The van der Waals surface area contributed by atoms with Crippen LogP contribution in [0.3, 0.4) is 0 Å². The molecular formula is C22H30FNO2. The first-order valence-corrected chi connectivity index (χ1v) is 10.1. The van der Waals surface area contributed by atoms with Crippen LogP contribution in [0.25, 0.3) is 10.9 Å². The van der Waals surface area contributed by atoms with Crippen LogP contribution in [-0.2, 0) is 16.0 Å². The van der Waals surface area contributed by atoms with Crippen molar-refractivity contribution in [2.45, 2.75) is 64.7 Å². The van der Waals surface area contributed by atoms with Crippen LogP contribution in [0.2, 0.25) is 0 Å². The molecule has 1 aromatic carbocycles. The minimum Gasteiger partial charge on any atom is -0.465 e. The molecule has 0 saturated heterocycles. The molecular weight excluding hydrogens is 329 g/mol. The summed E-state index contributed by atoms with van der Waals surface area (Å²) in [5.41, 5.74) is 2.02. The highest BCUT2D eigenvalue weighted by Gasteiger charge is 2.26. The summed E-state index contributed by atoms with van der Waals surface area (Å²) in [5.74, 6) is 0.652. The largest absolute Gasteiger partial charge is 0.465 e. The summed E-state index contributed by atoms with van der Waals surface area (Å²) in [6.45, 7) is 2.67. The molecule has 3 nitrogen and oxygen atoms in total. The number of halogens is 1. The van der Waals surface area contributed by atoms with E-state index in [-0.39, 0.29) is 17.7 Å². The number of carbonyl (C=O) groups excluding carboxylic acids is 1. The summed E-state index contributed by atoms with van der Waals surface area (Å²) < 4.78 is 18.9. The molecule has 142 valence electrons. The lowest BCUT2D eigenvalue weighted by molar-refractivity contribution is -0.150. The van der Waals surface area contributed by atoms with E-state index in [4.69, 9.17) is 4.74 Å². The standard InChI is InChI=1S/C22H30FNO2/c1-2-3-5-16-7-9-17(10-8-16)22(25)26-13-4-6-18-15-24-21-12-11-19(23)14-20(18)21/h11-12,14-17,24H,2-10,13H2,1H3. The van der Waals surface area contributed by atoms with Gasteiger partial charge in [0.1, 0.15) is 5.82 Å². The molecule has 0 unspecified atom stereocenters. The molecule has 26 heavy (non-hydrogen) atoms. The lowest BCUT2D eigenvalue weighted by atomic mass is 9.80. The molecule has 0 amide bonds. The van der Waals surface area contributed by atoms with Crippen molar-refractivity contribution >= 4 is 16.9 Å². The number of carbonyl (C=O) groups is 1. The normalized spacial score (nSPS) is 20.4. The van der Waals surface area contributed by atoms with E-state index in [1.165, 1.54) is 38.2 Å². The second-order valence-electron chi connectivity index (χ2n) is 7.63. The first kappa shape index (κ1) is 18.9. The fourth-order valence-electron chi connectivity index (χ4n) is 4.09. The number of aromatic amines is 1. The Morgan fingerprint density at radius 1 is 1.23 bits per heavy atom. The zero-order valence-corrected chi connectivity index (χ0v) is 15.7. The smallest absolute Gasteiger partial charge is 0.308 e. The van der Waals surface area contributed by atoms with Crippen LogP contribution in [0, 0.1) is 17.7 Å². The zero-order valence-electron chi connectivity index (χ0n) is 15.7. The van der Waals surface area contributed by atoms with Gasteiger partial charge in [0.25, 0.3) is 0 Å². The van der Waals surface area contributed by atoms with Crippen LogP contribution in [-0.4, -0.2) is 17.6 Å². The molecule has 0 spiro atoms. The number of hydrogen-bond acceptors (Lipinski definition) is 2. The van der Waals surface area contributed by atoms with Gasteiger partial charge in [-0.15, -0.1) is 0 Å². The number of nitrogens with one attached hydrogen (secondary N) is 1. The van der Waals surface area contributed by atoms with Crippen molar-refractivity contribution < 1.29 is 13.9 Å². The SMILES string of the molecule is CCCCC1CCC(C(=O)OCCCc2c[nH]c3ccc(F)cc23)CC1. The van der Waals surface area contributed by atoms with Crippen molar-refractivity contribution in [2.75, 3.05) is 6.61 Å². The molecule has 1 aliphatic carbocycles. The summed E-state index contributed by atoms with van der Waals surface area (Å²) in [7, 11) is 0. The maximum atomic E-state index is 13.4. The third-order valence-electron chi connectivity index (χ3n) is 5.71. The van der Waals surface area contributed by atoms with Crippen LogP contribution >= 0.6 is 0 Å². The molecule has 1 saturated carbocycles. The van der Waals surface area contributed by atoms with Crippen LogP contribution in [0.1, 0.15) is 63.9 Å². The topological polar surface area (TPSA) is 42.1 Å². The van der Waals surface area contributed by atoms with Crippen molar-refractivity contribution in [1.29, 1.82) is 0 Å². The highest BCUT2D eigenvalue weighted by atomic mass is 19.1. The molecule has 2 aromatic rings. The lowest BCUT2D eigenvalue weighted by Crippen LogP contribution is -2.24. The maximum Gasteiger partial charge on any atom is 0.308 e. The molecule has 0 atom stereocenters. The van der Waals surface area contributed by atoms with Crippen molar-refractivity contribution in [3.8, 4) is 0 Å². The van der Waals surface area contributed by atoms with Gasteiger partial charge in [0.15, 0.2) is 0 Å². The van der Waals surface area contributed by atoms with Gasteiger partial charge in [0.05, 0.1) is 12.5 Å². The van der Waals surface area contributed by atoms with Gasteiger partial charge in [0.2, 0.25) is 0 Å². The van der Waals surface area contributed by atoms with Crippen LogP contribution in [0.4, 0.5) is 4.39 Å². The fraction of sp³-hybridized carbons (Fsp3) is 0.591. The lowest BCUT2D eigenvalue weighted by Gasteiger charge is -2.27. The third kappa shape index (κ3) is 4.87. The van der Waals surface area contributed by atoms with Gasteiger partial charge < -0.3 is 9.72 Å². The first-order chi connectivity index (χ1) is 12.7. The predicted octanol–water partition coefficient (Wildman–Crippen LogP) is 5.78. The Bertz CT molecular complexity index is 716. The van der Waals surface area contributed by atoms with E-state index in [1.807, 2.05) is 6.20 Å². The Hall–Kier alpha value is -1.84. The number of unbranched alkanes of at least 4 members (excludes halogenated alkanes) is 1. The summed E-state index contributed by atoms with van der Waals surface area (Å²) in [5, 5.41) is 0.918. The summed E-state index contributed by atoms with van der Waals surface area (Å²) in [6.07, 6.45) is 11.6. The number of aromatic nitrogens is 1. The van der Waals surface area contributed by atoms with Gasteiger partial charge in [0, 0.05) is 17.1 Å². The number of H-pyrrole nitrogens is 1. The van der Waals surface area contributed by atoms with Gasteiger partial charge >= 0.3 is 5.97 Å². The molecule has 0 aliphatic heterocycles. The summed E-state index contributed by atoms with van der Waals surface area (Å²) in [4.78, 5) is 15.4. The fourth-order valence-corrected chi connectivity index (χ4v) is 4.09. The van der Waals surface area contributed by atoms with Crippen molar-refractivity contribution in [1.82, 2.24) is 4.98 Å². The highest BCUT2D eigenvalue weighted by Crippen LogP contribution is 2.32. The second-order valence-corrected chi connectivity index (χ2v) is 7.63.